The summed E-state index contributed by atoms with van der Waals surface area (Å²) in [7, 11) is -2.76. The van der Waals surface area contributed by atoms with Gasteiger partial charge < -0.3 is 14.9 Å². The van der Waals surface area contributed by atoms with Crippen LogP contribution in [-0.4, -0.2) is 22.0 Å². The highest BCUT2D eigenvalue weighted by Crippen LogP contribution is 2.35. The fourth-order valence-corrected chi connectivity index (χ4v) is 1.17. The maximum absolute atomic E-state index is 10.9. The first kappa shape index (κ1) is 14.6. The molecule has 0 spiro atoms. The molecule has 0 aromatic rings. The Hall–Kier alpha value is -0.380. The van der Waals surface area contributed by atoms with E-state index in [0.29, 0.717) is 6.54 Å². The van der Waals surface area contributed by atoms with E-state index in [9.17, 15) is 4.57 Å². The molecule has 0 saturated carbocycles. The second kappa shape index (κ2) is 6.26. The summed E-state index contributed by atoms with van der Waals surface area (Å²) in [5.41, 5.74) is 1.12. The van der Waals surface area contributed by atoms with Crippen molar-refractivity contribution in [2.75, 3.05) is 6.54 Å². The standard InChI is InChI=1S/C9H18NO3PS/c1-5-7(2)6-10-8(15)13-9(3,4)14(11)12/h5,14H,6H2,1-4H3,(H,10,15)(H,11,12)/b7-5+. The van der Waals surface area contributed by atoms with Crippen molar-refractivity contribution in [2.24, 2.45) is 0 Å². The van der Waals surface area contributed by atoms with Crippen LogP contribution in [0, 0.1) is 0 Å². The number of thiocarbonyl (C=S) groups is 1. The summed E-state index contributed by atoms with van der Waals surface area (Å²) in [6.07, 6.45) is 1.95. The van der Waals surface area contributed by atoms with Gasteiger partial charge in [-0.3, -0.25) is 4.57 Å². The topological polar surface area (TPSA) is 58.6 Å². The second-order valence-corrected chi connectivity index (χ2v) is 5.88. The number of allylic oxidation sites excluding steroid dienone is 1. The Morgan fingerprint density at radius 1 is 1.67 bits per heavy atom. The van der Waals surface area contributed by atoms with Gasteiger partial charge in [-0.1, -0.05) is 11.6 Å². The highest BCUT2D eigenvalue weighted by atomic mass is 32.1. The van der Waals surface area contributed by atoms with Crippen molar-refractivity contribution in [3.63, 3.8) is 0 Å². The molecule has 0 bridgehead atoms. The van der Waals surface area contributed by atoms with Crippen LogP contribution >= 0.6 is 20.2 Å². The summed E-state index contributed by atoms with van der Waals surface area (Å²) in [5, 5.41) is 1.89. The average molecular weight is 251 g/mol. The van der Waals surface area contributed by atoms with Crippen LogP contribution in [0.4, 0.5) is 0 Å². The van der Waals surface area contributed by atoms with Gasteiger partial charge in [0.05, 0.1) is 0 Å². The Morgan fingerprint density at radius 2 is 2.20 bits per heavy atom. The molecule has 0 saturated heterocycles. The van der Waals surface area contributed by atoms with E-state index >= 15 is 0 Å². The van der Waals surface area contributed by atoms with Gasteiger partial charge in [0.15, 0.2) is 5.34 Å². The fraction of sp³-hybridized carbons (Fsp3) is 0.667. The van der Waals surface area contributed by atoms with Crippen LogP contribution in [-0.2, 0) is 9.30 Å². The summed E-state index contributed by atoms with van der Waals surface area (Å²) in [6, 6.07) is 0. The molecular weight excluding hydrogens is 233 g/mol. The molecule has 2 N–H and O–H groups in total. The molecule has 0 aliphatic carbocycles. The Morgan fingerprint density at radius 3 is 2.60 bits per heavy atom. The van der Waals surface area contributed by atoms with E-state index in [4.69, 9.17) is 21.8 Å². The largest absolute Gasteiger partial charge is 0.455 e. The Bertz CT molecular complexity index is 289. The zero-order valence-electron chi connectivity index (χ0n) is 9.46. The van der Waals surface area contributed by atoms with Crippen LogP contribution in [0.2, 0.25) is 0 Å². The molecule has 0 aliphatic heterocycles. The number of hydrogen-bond acceptors (Lipinski definition) is 3. The van der Waals surface area contributed by atoms with E-state index in [1.807, 2.05) is 19.9 Å². The molecule has 0 amide bonds. The third-order valence-corrected chi connectivity index (χ3v) is 3.23. The van der Waals surface area contributed by atoms with E-state index in [2.05, 4.69) is 5.32 Å². The van der Waals surface area contributed by atoms with Crippen molar-refractivity contribution in [2.45, 2.75) is 33.0 Å². The molecule has 0 aliphatic rings. The first-order chi connectivity index (χ1) is 6.79. The minimum absolute atomic E-state index is 0.147. The molecule has 0 heterocycles. The van der Waals surface area contributed by atoms with Gasteiger partial charge in [-0.15, -0.1) is 0 Å². The summed E-state index contributed by atoms with van der Waals surface area (Å²) in [5.74, 6) is 0. The van der Waals surface area contributed by atoms with Crippen LogP contribution < -0.4 is 5.32 Å². The van der Waals surface area contributed by atoms with Gasteiger partial charge in [-0.2, -0.15) is 0 Å². The van der Waals surface area contributed by atoms with Crippen LogP contribution in [0.3, 0.4) is 0 Å². The molecule has 4 nitrogen and oxygen atoms in total. The maximum atomic E-state index is 10.9. The highest BCUT2D eigenvalue weighted by molar-refractivity contribution is 7.80. The molecule has 6 heteroatoms. The van der Waals surface area contributed by atoms with E-state index in [-0.39, 0.29) is 5.17 Å². The van der Waals surface area contributed by atoms with Gasteiger partial charge in [0, 0.05) is 6.54 Å². The Labute approximate surface area is 96.6 Å². The van der Waals surface area contributed by atoms with Gasteiger partial charge in [0.25, 0.3) is 5.17 Å². The SMILES string of the molecule is C/C=C(\C)CNC(=S)OC(C)(C)[PH](=O)O. The van der Waals surface area contributed by atoms with Crippen molar-refractivity contribution < 1.29 is 14.2 Å². The molecular formula is C9H18NO3PS. The molecule has 0 fully saturated rings. The van der Waals surface area contributed by atoms with Crippen LogP contribution in [0.15, 0.2) is 11.6 Å². The first-order valence-electron chi connectivity index (χ1n) is 4.61. The lowest BCUT2D eigenvalue weighted by Gasteiger charge is -2.23. The predicted molar refractivity (Wildman–Crippen MR) is 66.4 cm³/mol. The van der Waals surface area contributed by atoms with Crippen molar-refractivity contribution in [1.82, 2.24) is 5.32 Å². The number of hydrogen-bond donors (Lipinski definition) is 2. The predicted octanol–water partition coefficient (Wildman–Crippen LogP) is 2.05. The average Bonchev–Trinajstić information content (AvgIpc) is 2.13. The Kier molecular flexibility index (Phi) is 6.10. The summed E-state index contributed by atoms with van der Waals surface area (Å²) >= 11 is 4.89. The quantitative estimate of drug-likeness (QED) is 0.455. The minimum Gasteiger partial charge on any atom is -0.455 e. The zero-order valence-corrected chi connectivity index (χ0v) is 11.3. The normalized spacial score (nSPS) is 14.6. The van der Waals surface area contributed by atoms with Gasteiger partial charge in [0.1, 0.15) is 0 Å². The number of nitrogens with one attached hydrogen (secondary N) is 1. The van der Waals surface area contributed by atoms with Crippen molar-refractivity contribution in [3.8, 4) is 0 Å². The third kappa shape index (κ3) is 5.92. The van der Waals surface area contributed by atoms with E-state index in [1.54, 1.807) is 0 Å². The summed E-state index contributed by atoms with van der Waals surface area (Å²) < 4.78 is 16.1. The Balaban J connectivity index is 4.10. The lowest BCUT2D eigenvalue weighted by molar-refractivity contribution is 0.166. The first-order valence-corrected chi connectivity index (χ1v) is 6.38. The highest BCUT2D eigenvalue weighted by Gasteiger charge is 2.27. The maximum Gasteiger partial charge on any atom is 0.257 e. The summed E-state index contributed by atoms with van der Waals surface area (Å²) in [6.45, 7) is 7.53. The minimum atomic E-state index is -2.76. The van der Waals surface area contributed by atoms with Crippen molar-refractivity contribution in [1.29, 1.82) is 0 Å². The molecule has 88 valence electrons. The van der Waals surface area contributed by atoms with Crippen LogP contribution in [0.25, 0.3) is 0 Å². The second-order valence-electron chi connectivity index (χ2n) is 3.69. The lowest BCUT2D eigenvalue weighted by Crippen LogP contribution is -2.33. The van der Waals surface area contributed by atoms with Crippen LogP contribution in [0.5, 0.6) is 0 Å². The van der Waals surface area contributed by atoms with Gasteiger partial charge in [-0.25, -0.2) is 0 Å². The van der Waals surface area contributed by atoms with Crippen molar-refractivity contribution >= 4 is 25.4 Å². The van der Waals surface area contributed by atoms with Gasteiger partial charge in [-0.05, 0) is 39.9 Å². The van der Waals surface area contributed by atoms with Gasteiger partial charge >= 0.3 is 0 Å². The monoisotopic (exact) mass is 251 g/mol. The lowest BCUT2D eigenvalue weighted by atomic mass is 10.3. The van der Waals surface area contributed by atoms with E-state index in [1.165, 1.54) is 13.8 Å². The molecule has 0 radical (unpaired) electrons. The molecule has 0 rings (SSSR count). The number of ether oxygens (including phenoxy) is 1. The van der Waals surface area contributed by atoms with Crippen LogP contribution in [0.1, 0.15) is 27.7 Å². The third-order valence-electron chi connectivity index (χ3n) is 1.87. The molecule has 0 aromatic heterocycles. The smallest absolute Gasteiger partial charge is 0.257 e. The summed E-state index contributed by atoms with van der Waals surface area (Å²) in [4.78, 5) is 8.98. The zero-order chi connectivity index (χ0) is 12.1. The molecule has 1 unspecified atom stereocenters. The molecule has 15 heavy (non-hydrogen) atoms. The molecule has 1 atom stereocenters. The van der Waals surface area contributed by atoms with E-state index in [0.717, 1.165) is 5.57 Å². The van der Waals surface area contributed by atoms with E-state index < -0.39 is 13.4 Å². The van der Waals surface area contributed by atoms with Crippen molar-refractivity contribution in [3.05, 3.63) is 11.6 Å². The fourth-order valence-electron chi connectivity index (χ4n) is 0.625. The number of rotatable bonds is 4. The van der Waals surface area contributed by atoms with Gasteiger partial charge in [0.2, 0.25) is 8.03 Å². The molecule has 0 aromatic carbocycles.